The number of aliphatic hydroxyl groups is 1. The molecule has 0 radical (unpaired) electrons. The van der Waals surface area contributed by atoms with Crippen molar-refractivity contribution in [2.75, 3.05) is 13.2 Å². The van der Waals surface area contributed by atoms with E-state index in [4.69, 9.17) is 10.4 Å². The third-order valence-electron chi connectivity index (χ3n) is 2.58. The zero-order valence-electron chi connectivity index (χ0n) is 9.81. The van der Waals surface area contributed by atoms with Gasteiger partial charge in [-0.2, -0.15) is 5.26 Å². The van der Waals surface area contributed by atoms with Crippen LogP contribution < -0.4 is 4.72 Å². The van der Waals surface area contributed by atoms with Gasteiger partial charge in [0.05, 0.1) is 6.07 Å². The summed E-state index contributed by atoms with van der Waals surface area (Å²) in [6.45, 7) is 3.95. The number of nitrogens with zero attached hydrogens (tertiary/aromatic N) is 1. The lowest BCUT2D eigenvalue weighted by Gasteiger charge is -2.16. The summed E-state index contributed by atoms with van der Waals surface area (Å²) in [7, 11) is -3.54. The molecule has 6 heteroatoms. The van der Waals surface area contributed by atoms with Gasteiger partial charge in [-0.25, -0.2) is 13.1 Å². The third-order valence-corrected chi connectivity index (χ3v) is 4.33. The molecule has 0 fully saturated rings. The first-order valence-electron chi connectivity index (χ1n) is 5.50. The predicted molar refractivity (Wildman–Crippen MR) is 62.1 cm³/mol. The molecular formula is C10H20N2O3S. The molecule has 0 aromatic rings. The van der Waals surface area contributed by atoms with Crippen molar-refractivity contribution in [2.24, 2.45) is 5.92 Å². The van der Waals surface area contributed by atoms with Crippen molar-refractivity contribution in [2.45, 2.75) is 38.4 Å². The number of hydrogen-bond acceptors (Lipinski definition) is 4. The van der Waals surface area contributed by atoms with Gasteiger partial charge in [0, 0.05) is 13.2 Å². The van der Waals surface area contributed by atoms with E-state index in [0.29, 0.717) is 6.42 Å². The monoisotopic (exact) mass is 248 g/mol. The van der Waals surface area contributed by atoms with E-state index in [1.165, 1.54) is 0 Å². The molecule has 0 aliphatic carbocycles. The van der Waals surface area contributed by atoms with Crippen molar-refractivity contribution < 1.29 is 13.5 Å². The largest absolute Gasteiger partial charge is 0.396 e. The summed E-state index contributed by atoms with van der Waals surface area (Å²) in [5.41, 5.74) is 0. The van der Waals surface area contributed by atoms with Gasteiger partial charge in [0.1, 0.15) is 0 Å². The van der Waals surface area contributed by atoms with Gasteiger partial charge < -0.3 is 5.11 Å². The maximum atomic E-state index is 11.6. The second-order valence-corrected chi connectivity index (χ2v) is 5.65. The zero-order valence-corrected chi connectivity index (χ0v) is 10.6. The lowest BCUT2D eigenvalue weighted by Crippen LogP contribution is -2.36. The summed E-state index contributed by atoms with van der Waals surface area (Å²) in [5.74, 6) is 0.121. The summed E-state index contributed by atoms with van der Waals surface area (Å²) in [5, 5.41) is 16.5. The predicted octanol–water partition coefficient (Wildman–Crippen LogP) is 0.617. The van der Waals surface area contributed by atoms with E-state index in [2.05, 4.69) is 4.72 Å². The summed E-state index contributed by atoms with van der Waals surface area (Å²) in [6.07, 6.45) is 1.65. The maximum absolute atomic E-state index is 11.6. The van der Waals surface area contributed by atoms with Crippen molar-refractivity contribution in [3.8, 4) is 6.07 Å². The Morgan fingerprint density at radius 2 is 2.00 bits per heavy atom. The van der Waals surface area contributed by atoms with Crippen LogP contribution in [0.2, 0.25) is 0 Å². The van der Waals surface area contributed by atoms with Gasteiger partial charge >= 0.3 is 0 Å². The Balaban J connectivity index is 4.33. The number of nitriles is 1. The molecule has 0 aliphatic heterocycles. The molecule has 0 aromatic heterocycles. The minimum Gasteiger partial charge on any atom is -0.396 e. The summed E-state index contributed by atoms with van der Waals surface area (Å²) >= 11 is 0. The molecule has 2 atom stereocenters. The average Bonchev–Trinajstić information content (AvgIpc) is 2.25. The van der Waals surface area contributed by atoms with Crippen LogP contribution in [0.25, 0.3) is 0 Å². The van der Waals surface area contributed by atoms with Gasteiger partial charge in [0.2, 0.25) is 10.0 Å². The highest BCUT2D eigenvalue weighted by molar-refractivity contribution is 7.90. The van der Waals surface area contributed by atoms with Gasteiger partial charge in [0.15, 0.2) is 5.25 Å². The number of aliphatic hydroxyl groups excluding tert-OH is 1. The average molecular weight is 248 g/mol. The molecule has 5 nitrogen and oxygen atoms in total. The van der Waals surface area contributed by atoms with Crippen LogP contribution >= 0.6 is 0 Å². The van der Waals surface area contributed by atoms with E-state index in [9.17, 15) is 8.42 Å². The summed E-state index contributed by atoms with van der Waals surface area (Å²) < 4.78 is 25.7. The highest BCUT2D eigenvalue weighted by atomic mass is 32.2. The lowest BCUT2D eigenvalue weighted by molar-refractivity contribution is 0.254. The van der Waals surface area contributed by atoms with E-state index in [0.717, 1.165) is 6.42 Å². The Kier molecular flexibility index (Phi) is 7.30. The first-order chi connectivity index (χ1) is 7.51. The molecule has 0 aromatic carbocycles. The zero-order chi connectivity index (χ0) is 12.6. The molecule has 94 valence electrons. The van der Waals surface area contributed by atoms with Crippen molar-refractivity contribution in [1.29, 1.82) is 5.26 Å². The van der Waals surface area contributed by atoms with Gasteiger partial charge in [-0.3, -0.25) is 0 Å². The first kappa shape index (κ1) is 15.4. The van der Waals surface area contributed by atoms with E-state index < -0.39 is 15.3 Å². The maximum Gasteiger partial charge on any atom is 0.227 e. The molecule has 16 heavy (non-hydrogen) atoms. The highest BCUT2D eigenvalue weighted by Crippen LogP contribution is 2.08. The van der Waals surface area contributed by atoms with E-state index in [1.807, 2.05) is 6.92 Å². The van der Waals surface area contributed by atoms with Crippen LogP contribution in [0.3, 0.4) is 0 Å². The molecule has 0 bridgehead atoms. The van der Waals surface area contributed by atoms with Gasteiger partial charge in [-0.15, -0.1) is 0 Å². The fourth-order valence-electron chi connectivity index (χ4n) is 1.35. The Hall–Kier alpha value is -0.640. The minimum atomic E-state index is -3.54. The van der Waals surface area contributed by atoms with Gasteiger partial charge in [-0.05, 0) is 18.8 Å². The number of hydrogen-bond donors (Lipinski definition) is 2. The quantitative estimate of drug-likeness (QED) is 0.658. The van der Waals surface area contributed by atoms with Crippen molar-refractivity contribution in [3.05, 3.63) is 0 Å². The van der Waals surface area contributed by atoms with Gasteiger partial charge in [-0.1, -0.05) is 20.3 Å². The Labute approximate surface area is 97.5 Å². The first-order valence-corrected chi connectivity index (χ1v) is 7.05. The fourth-order valence-corrected chi connectivity index (χ4v) is 2.59. The molecule has 0 saturated carbocycles. The summed E-state index contributed by atoms with van der Waals surface area (Å²) in [6, 6.07) is 1.77. The second kappa shape index (κ2) is 7.60. The van der Waals surface area contributed by atoms with Crippen LogP contribution in [0, 0.1) is 17.2 Å². The van der Waals surface area contributed by atoms with Crippen LogP contribution in [0.4, 0.5) is 0 Å². The van der Waals surface area contributed by atoms with Crippen molar-refractivity contribution in [3.63, 3.8) is 0 Å². The molecule has 0 spiro atoms. The van der Waals surface area contributed by atoms with Crippen LogP contribution in [0.1, 0.15) is 33.1 Å². The highest BCUT2D eigenvalue weighted by Gasteiger charge is 2.23. The number of rotatable bonds is 8. The Bertz CT molecular complexity index is 321. The Morgan fingerprint density at radius 3 is 2.38 bits per heavy atom. The lowest BCUT2D eigenvalue weighted by atomic mass is 10.0. The molecule has 0 saturated heterocycles. The molecule has 0 aliphatic rings. The molecule has 2 N–H and O–H groups in total. The van der Waals surface area contributed by atoms with Crippen LogP contribution in [0.5, 0.6) is 0 Å². The number of sulfonamides is 1. The normalized spacial score (nSPS) is 15.4. The van der Waals surface area contributed by atoms with Crippen molar-refractivity contribution in [1.82, 2.24) is 4.72 Å². The van der Waals surface area contributed by atoms with E-state index in [-0.39, 0.29) is 25.5 Å². The van der Waals surface area contributed by atoms with E-state index in [1.54, 1.807) is 13.0 Å². The number of nitrogens with one attached hydrogen (secondary N) is 1. The fraction of sp³-hybridized carbons (Fsp3) is 0.900. The Morgan fingerprint density at radius 1 is 1.38 bits per heavy atom. The second-order valence-electron chi connectivity index (χ2n) is 3.71. The van der Waals surface area contributed by atoms with Crippen LogP contribution in [-0.2, 0) is 10.0 Å². The molecule has 0 amide bonds. The standard InChI is InChI=1S/C10H20N2O3S/c1-3-9(5-6-13)8-12-16(14,15)10(4-2)7-11/h9-10,12-13H,3-6,8H2,1-2H3. The third kappa shape index (κ3) is 4.92. The van der Waals surface area contributed by atoms with E-state index >= 15 is 0 Å². The molecule has 0 rings (SSSR count). The molecular weight excluding hydrogens is 228 g/mol. The van der Waals surface area contributed by atoms with Gasteiger partial charge in [0.25, 0.3) is 0 Å². The smallest absolute Gasteiger partial charge is 0.227 e. The topological polar surface area (TPSA) is 90.2 Å². The molecule has 2 unspecified atom stereocenters. The summed E-state index contributed by atoms with van der Waals surface area (Å²) in [4.78, 5) is 0. The van der Waals surface area contributed by atoms with Crippen molar-refractivity contribution >= 4 is 10.0 Å². The minimum absolute atomic E-state index is 0.0513. The van der Waals surface area contributed by atoms with Crippen LogP contribution in [0.15, 0.2) is 0 Å². The SMILES string of the molecule is CCC(CCO)CNS(=O)(=O)C(C#N)CC. The van der Waals surface area contributed by atoms with Crippen LogP contribution in [-0.4, -0.2) is 31.9 Å². The molecule has 0 heterocycles.